The minimum absolute atomic E-state index is 0.0363. The monoisotopic (exact) mass is 516 g/mol. The molecule has 0 aliphatic rings. The smallest absolute Gasteiger partial charge is 0.341 e. The van der Waals surface area contributed by atoms with Crippen molar-refractivity contribution < 1.29 is 22.3 Å². The van der Waals surface area contributed by atoms with Crippen molar-refractivity contribution in [1.29, 1.82) is 0 Å². The third-order valence-corrected chi connectivity index (χ3v) is 5.77. The van der Waals surface area contributed by atoms with Crippen molar-refractivity contribution in [2.24, 2.45) is 5.73 Å². The lowest BCUT2D eigenvalue weighted by atomic mass is 10.1. The molecule has 12 heteroatoms. The maximum Gasteiger partial charge on any atom is 0.341 e. The summed E-state index contributed by atoms with van der Waals surface area (Å²) in [7, 11) is 1.17. The summed E-state index contributed by atoms with van der Waals surface area (Å²) in [5.74, 6) is -4.21. The van der Waals surface area contributed by atoms with Crippen molar-refractivity contribution in [3.8, 4) is 11.4 Å². The fourth-order valence-corrected chi connectivity index (χ4v) is 3.87. The number of nitrogens with zero attached hydrogens (tertiary/aromatic N) is 3. The van der Waals surface area contributed by atoms with Crippen LogP contribution in [0, 0.1) is 23.3 Å². The number of halogens is 4. The van der Waals surface area contributed by atoms with E-state index in [1.807, 2.05) is 0 Å². The molecule has 0 spiro atoms. The van der Waals surface area contributed by atoms with Gasteiger partial charge in [0.05, 0.1) is 31.9 Å². The highest BCUT2D eigenvalue weighted by molar-refractivity contribution is 5.41. The Morgan fingerprint density at radius 3 is 2.03 bits per heavy atom. The summed E-state index contributed by atoms with van der Waals surface area (Å²) >= 11 is 0. The van der Waals surface area contributed by atoms with E-state index in [1.165, 1.54) is 37.4 Å². The Morgan fingerprint density at radius 2 is 1.38 bits per heavy atom. The number of rotatable bonds is 7. The normalized spacial score (nSPS) is 11.9. The van der Waals surface area contributed by atoms with Crippen LogP contribution in [0.1, 0.15) is 17.2 Å². The minimum Gasteiger partial charge on any atom is -0.494 e. The van der Waals surface area contributed by atoms with Gasteiger partial charge in [-0.3, -0.25) is 0 Å². The van der Waals surface area contributed by atoms with E-state index >= 15 is 4.39 Å². The number of hydrogen-bond donors (Lipinski definition) is 1. The summed E-state index contributed by atoms with van der Waals surface area (Å²) in [5.41, 5.74) is 0.892. The molecule has 2 N–H and O–H groups in total. The standard InChI is InChI=1S/C25H20F4N4O4/c1-37-21-11-5-10-20(22(21)29)33-24(35)31(12-15-17(27)8-4-9-18(15)28)23(34)32(25(33)36)13-19(30)14-6-2-3-7-16(14)26/h2-11,19H,12-13,30H2,1H3. The molecule has 37 heavy (non-hydrogen) atoms. The van der Waals surface area contributed by atoms with E-state index in [2.05, 4.69) is 0 Å². The van der Waals surface area contributed by atoms with E-state index in [1.54, 1.807) is 0 Å². The quantitative estimate of drug-likeness (QED) is 0.381. The van der Waals surface area contributed by atoms with Gasteiger partial charge in [-0.05, 0) is 30.3 Å². The third-order valence-electron chi connectivity index (χ3n) is 5.77. The van der Waals surface area contributed by atoms with Gasteiger partial charge >= 0.3 is 17.1 Å². The van der Waals surface area contributed by atoms with Gasteiger partial charge in [0, 0.05) is 11.1 Å². The fraction of sp³-hybridized carbons (Fsp3) is 0.160. The second-order valence-electron chi connectivity index (χ2n) is 8.00. The van der Waals surface area contributed by atoms with Gasteiger partial charge in [-0.2, -0.15) is 0 Å². The highest BCUT2D eigenvalue weighted by Gasteiger charge is 2.24. The van der Waals surface area contributed by atoms with Gasteiger partial charge in [-0.25, -0.2) is 45.6 Å². The maximum atomic E-state index is 15.1. The minimum atomic E-state index is -1.36. The topological polar surface area (TPSA) is 101 Å². The number of hydrogen-bond acceptors (Lipinski definition) is 5. The molecular formula is C25H20F4N4O4. The Labute approximate surface area is 206 Å². The summed E-state index contributed by atoms with van der Waals surface area (Å²) in [5, 5.41) is 0. The summed E-state index contributed by atoms with van der Waals surface area (Å²) in [6, 6.07) is 10.7. The van der Waals surface area contributed by atoms with Crippen molar-refractivity contribution in [2.45, 2.75) is 19.1 Å². The van der Waals surface area contributed by atoms with Crippen LogP contribution in [0.4, 0.5) is 17.6 Å². The van der Waals surface area contributed by atoms with E-state index in [9.17, 15) is 27.6 Å². The van der Waals surface area contributed by atoms with E-state index < -0.39 is 70.7 Å². The van der Waals surface area contributed by atoms with Crippen LogP contribution >= 0.6 is 0 Å². The van der Waals surface area contributed by atoms with Crippen LogP contribution < -0.4 is 27.5 Å². The molecule has 1 unspecified atom stereocenters. The molecule has 8 nitrogen and oxygen atoms in total. The number of methoxy groups -OCH3 is 1. The van der Waals surface area contributed by atoms with Gasteiger partial charge in [-0.1, -0.05) is 30.3 Å². The lowest BCUT2D eigenvalue weighted by Crippen LogP contribution is -2.55. The molecule has 192 valence electrons. The molecule has 1 atom stereocenters. The summed E-state index contributed by atoms with van der Waals surface area (Å²) < 4.78 is 64.2. The zero-order valence-electron chi connectivity index (χ0n) is 19.3. The molecule has 0 aliphatic carbocycles. The molecule has 4 rings (SSSR count). The zero-order chi connectivity index (χ0) is 26.9. The second kappa shape index (κ2) is 10.3. The van der Waals surface area contributed by atoms with Gasteiger partial charge < -0.3 is 10.5 Å². The van der Waals surface area contributed by atoms with E-state index in [-0.39, 0.29) is 11.3 Å². The van der Waals surface area contributed by atoms with Gasteiger partial charge in [-0.15, -0.1) is 0 Å². The first-order chi connectivity index (χ1) is 17.6. The molecule has 0 aliphatic heterocycles. The molecule has 0 fully saturated rings. The van der Waals surface area contributed by atoms with Crippen LogP contribution in [0.3, 0.4) is 0 Å². The highest BCUT2D eigenvalue weighted by Crippen LogP contribution is 2.21. The molecule has 4 aromatic rings. The first kappa shape index (κ1) is 25.6. The summed E-state index contributed by atoms with van der Waals surface area (Å²) in [6.07, 6.45) is 0. The Hall–Kier alpha value is -4.45. The van der Waals surface area contributed by atoms with Crippen LogP contribution in [0.25, 0.3) is 5.69 Å². The lowest BCUT2D eigenvalue weighted by Gasteiger charge is -2.18. The van der Waals surface area contributed by atoms with Crippen LogP contribution in [0.15, 0.2) is 75.0 Å². The van der Waals surface area contributed by atoms with Crippen molar-refractivity contribution in [3.63, 3.8) is 0 Å². The number of benzene rings is 3. The predicted molar refractivity (Wildman–Crippen MR) is 126 cm³/mol. The Morgan fingerprint density at radius 1 is 0.784 bits per heavy atom. The van der Waals surface area contributed by atoms with Crippen molar-refractivity contribution in [2.75, 3.05) is 7.11 Å². The maximum absolute atomic E-state index is 15.1. The molecule has 3 aromatic carbocycles. The molecule has 0 bridgehead atoms. The summed E-state index contributed by atoms with van der Waals surface area (Å²) in [4.78, 5) is 40.0. The lowest BCUT2D eigenvalue weighted by molar-refractivity contribution is 0.384. The Kier molecular flexibility index (Phi) is 7.11. The zero-order valence-corrected chi connectivity index (χ0v) is 19.3. The van der Waals surface area contributed by atoms with Gasteiger partial charge in [0.15, 0.2) is 11.6 Å². The molecule has 0 amide bonds. The van der Waals surface area contributed by atoms with E-state index in [0.717, 1.165) is 30.3 Å². The predicted octanol–water partition coefficient (Wildman–Crippen LogP) is 2.47. The summed E-state index contributed by atoms with van der Waals surface area (Å²) in [6.45, 7) is -1.55. The van der Waals surface area contributed by atoms with Crippen LogP contribution in [-0.4, -0.2) is 20.8 Å². The molecule has 0 saturated carbocycles. The average molecular weight is 516 g/mol. The van der Waals surface area contributed by atoms with Crippen LogP contribution in [0.5, 0.6) is 5.75 Å². The molecule has 0 radical (unpaired) electrons. The molecule has 0 saturated heterocycles. The van der Waals surface area contributed by atoms with Crippen molar-refractivity contribution in [1.82, 2.24) is 13.7 Å². The third kappa shape index (κ3) is 4.70. The SMILES string of the molecule is COc1cccc(-n2c(=O)n(Cc3c(F)cccc3F)c(=O)n(CC(N)c3ccccc3F)c2=O)c1F. The Balaban J connectivity index is 1.99. The molecular weight excluding hydrogens is 496 g/mol. The number of ether oxygens (including phenoxy) is 1. The molecule has 1 aromatic heterocycles. The van der Waals surface area contributed by atoms with Gasteiger partial charge in [0.1, 0.15) is 17.5 Å². The number of nitrogens with two attached hydrogens (primary N) is 1. The number of aromatic nitrogens is 3. The van der Waals surface area contributed by atoms with E-state index in [4.69, 9.17) is 10.5 Å². The Bertz CT molecular complexity index is 1640. The van der Waals surface area contributed by atoms with Gasteiger partial charge in [0.25, 0.3) is 0 Å². The largest absolute Gasteiger partial charge is 0.494 e. The van der Waals surface area contributed by atoms with Crippen LogP contribution in [-0.2, 0) is 13.1 Å². The van der Waals surface area contributed by atoms with Gasteiger partial charge in [0.2, 0.25) is 0 Å². The average Bonchev–Trinajstić information content (AvgIpc) is 2.87. The van der Waals surface area contributed by atoms with Crippen LogP contribution in [0.2, 0.25) is 0 Å². The highest BCUT2D eigenvalue weighted by atomic mass is 19.1. The second-order valence-corrected chi connectivity index (χ2v) is 8.00. The first-order valence-electron chi connectivity index (χ1n) is 10.9. The molecule has 1 heterocycles. The van der Waals surface area contributed by atoms with Crippen molar-refractivity contribution in [3.05, 3.63) is 127 Å². The van der Waals surface area contributed by atoms with Crippen molar-refractivity contribution >= 4 is 0 Å². The van der Waals surface area contributed by atoms with E-state index in [0.29, 0.717) is 13.7 Å². The first-order valence-corrected chi connectivity index (χ1v) is 10.9. The fourth-order valence-electron chi connectivity index (χ4n) is 3.87.